The van der Waals surface area contributed by atoms with Gasteiger partial charge in [-0.25, -0.2) is 5.10 Å². The minimum Gasteiger partial charge on any atom is -0.250 e. The maximum absolute atomic E-state index is 6.23. The van der Waals surface area contributed by atoms with Gasteiger partial charge in [-0.1, -0.05) is 23.2 Å². The highest BCUT2D eigenvalue weighted by atomic mass is 35.5. The Hall–Kier alpha value is -1.47. The van der Waals surface area contributed by atoms with E-state index in [1.165, 1.54) is 0 Å². The van der Waals surface area contributed by atoms with Crippen molar-refractivity contribution in [1.82, 2.24) is 14.9 Å². The Labute approximate surface area is 146 Å². The lowest BCUT2D eigenvalue weighted by molar-refractivity contribution is 0.872. The molecule has 0 radical (unpaired) electrons. The number of aromatic nitrogens is 3. The summed E-state index contributed by atoms with van der Waals surface area (Å²) < 4.78 is 1.94. The van der Waals surface area contributed by atoms with E-state index in [0.29, 0.717) is 26.2 Å². The van der Waals surface area contributed by atoms with Crippen LogP contribution in [-0.4, -0.2) is 21.1 Å². The molecule has 22 heavy (non-hydrogen) atoms. The second-order valence-electron chi connectivity index (χ2n) is 4.50. The van der Waals surface area contributed by atoms with Gasteiger partial charge in [-0.3, -0.25) is 0 Å². The molecule has 4 nitrogen and oxygen atoms in total. The van der Waals surface area contributed by atoms with Gasteiger partial charge in [0.15, 0.2) is 5.82 Å². The predicted octanol–water partition coefficient (Wildman–Crippen LogP) is 5.17. The molecule has 3 rings (SSSR count). The van der Waals surface area contributed by atoms with E-state index < -0.39 is 0 Å². The normalized spacial score (nSPS) is 11.4. The second kappa shape index (κ2) is 6.34. The first-order chi connectivity index (χ1) is 10.6. The van der Waals surface area contributed by atoms with Crippen molar-refractivity contribution in [2.75, 3.05) is 0 Å². The average Bonchev–Trinajstić information content (AvgIpc) is 3.03. The van der Waals surface area contributed by atoms with Gasteiger partial charge in [-0.15, -0.1) is 11.3 Å². The fourth-order valence-corrected chi connectivity index (χ4v) is 3.32. The minimum absolute atomic E-state index is 0.395. The summed E-state index contributed by atoms with van der Waals surface area (Å²) in [6.07, 6.45) is 1.76. The van der Waals surface area contributed by atoms with Gasteiger partial charge in [0.25, 0.3) is 0 Å². The molecule has 0 spiro atoms. The van der Waals surface area contributed by atoms with Gasteiger partial charge in [0.2, 0.25) is 4.77 Å². The number of nitrogens with one attached hydrogen (secondary N) is 1. The molecular weight excluding hydrogens is 359 g/mol. The van der Waals surface area contributed by atoms with E-state index >= 15 is 0 Å². The van der Waals surface area contributed by atoms with Crippen LogP contribution in [0.5, 0.6) is 0 Å². The van der Waals surface area contributed by atoms with Crippen LogP contribution in [0.3, 0.4) is 0 Å². The molecule has 0 aliphatic heterocycles. The molecule has 8 heteroatoms. The first-order valence-electron chi connectivity index (χ1n) is 6.27. The maximum atomic E-state index is 6.23. The van der Waals surface area contributed by atoms with Crippen LogP contribution in [0.15, 0.2) is 34.7 Å². The van der Waals surface area contributed by atoms with E-state index in [-0.39, 0.29) is 0 Å². The minimum atomic E-state index is 0.395. The number of rotatable bonds is 3. The van der Waals surface area contributed by atoms with Gasteiger partial charge in [-0.05, 0) is 54.4 Å². The van der Waals surface area contributed by atoms with Crippen molar-refractivity contribution in [1.29, 1.82) is 0 Å². The van der Waals surface area contributed by atoms with Crippen molar-refractivity contribution >= 4 is 53.0 Å². The van der Waals surface area contributed by atoms with Gasteiger partial charge < -0.3 is 0 Å². The third-order valence-electron chi connectivity index (χ3n) is 3.01. The van der Waals surface area contributed by atoms with Crippen molar-refractivity contribution in [2.24, 2.45) is 5.10 Å². The number of halogens is 2. The standard InChI is InChI=1S/C14H10Cl2N4S2/c1-8-4-5-22-12(8)7-17-20-13(18-19-14(20)21)10-3-2-9(15)6-11(10)16/h2-7H,1H3,(H,19,21)/b17-7+. The quantitative estimate of drug-likeness (QED) is 0.512. The number of aromatic amines is 1. The molecule has 1 N–H and O–H groups in total. The fourth-order valence-electron chi connectivity index (χ4n) is 1.87. The summed E-state index contributed by atoms with van der Waals surface area (Å²) in [4.78, 5) is 1.07. The highest BCUT2D eigenvalue weighted by Crippen LogP contribution is 2.29. The van der Waals surface area contributed by atoms with Crippen molar-refractivity contribution in [3.63, 3.8) is 0 Å². The fraction of sp³-hybridized carbons (Fsp3) is 0.0714. The summed E-state index contributed by atoms with van der Waals surface area (Å²) >= 11 is 19.0. The van der Waals surface area contributed by atoms with Crippen LogP contribution in [0, 0.1) is 11.7 Å². The van der Waals surface area contributed by atoms with E-state index in [4.69, 9.17) is 35.4 Å². The van der Waals surface area contributed by atoms with Gasteiger partial charge in [0.05, 0.1) is 16.1 Å². The van der Waals surface area contributed by atoms with E-state index in [2.05, 4.69) is 15.3 Å². The molecule has 0 fully saturated rings. The average molecular weight is 369 g/mol. The molecule has 0 bridgehead atoms. The van der Waals surface area contributed by atoms with E-state index in [9.17, 15) is 0 Å². The number of nitrogens with zero attached hydrogens (tertiary/aromatic N) is 3. The summed E-state index contributed by atoms with van der Waals surface area (Å²) in [5.41, 5.74) is 1.87. The molecule has 0 atom stereocenters. The molecule has 112 valence electrons. The number of benzene rings is 1. The van der Waals surface area contributed by atoms with Crippen LogP contribution in [0.25, 0.3) is 11.4 Å². The van der Waals surface area contributed by atoms with Crippen molar-refractivity contribution in [2.45, 2.75) is 6.92 Å². The molecule has 0 unspecified atom stereocenters. The summed E-state index contributed by atoms with van der Waals surface area (Å²) in [7, 11) is 0. The van der Waals surface area contributed by atoms with Gasteiger partial charge in [0.1, 0.15) is 0 Å². The van der Waals surface area contributed by atoms with Crippen molar-refractivity contribution < 1.29 is 0 Å². The molecule has 2 aromatic heterocycles. The molecule has 0 aliphatic rings. The number of aryl methyl sites for hydroxylation is 1. The lowest BCUT2D eigenvalue weighted by Crippen LogP contribution is -1.95. The number of hydrogen-bond donors (Lipinski definition) is 1. The van der Waals surface area contributed by atoms with E-state index in [1.807, 2.05) is 18.4 Å². The van der Waals surface area contributed by atoms with E-state index in [1.54, 1.807) is 40.4 Å². The molecule has 0 saturated carbocycles. The Bertz CT molecular complexity index is 908. The first kappa shape index (κ1) is 15.4. The Morgan fingerprint density at radius 2 is 2.18 bits per heavy atom. The highest BCUT2D eigenvalue weighted by molar-refractivity contribution is 7.71. The molecule has 0 amide bonds. The van der Waals surface area contributed by atoms with Crippen LogP contribution < -0.4 is 0 Å². The van der Waals surface area contributed by atoms with Crippen LogP contribution in [0.1, 0.15) is 10.4 Å². The topological polar surface area (TPSA) is 46.0 Å². The third kappa shape index (κ3) is 3.01. The largest absolute Gasteiger partial charge is 0.250 e. The zero-order valence-electron chi connectivity index (χ0n) is 11.4. The van der Waals surface area contributed by atoms with Crippen LogP contribution in [0.2, 0.25) is 10.0 Å². The number of H-pyrrole nitrogens is 1. The third-order valence-corrected chi connectivity index (χ3v) is 4.78. The summed E-state index contributed by atoms with van der Waals surface area (Å²) in [5.74, 6) is 0.539. The lowest BCUT2D eigenvalue weighted by atomic mass is 10.2. The van der Waals surface area contributed by atoms with Gasteiger partial charge in [0, 0.05) is 10.6 Å². The van der Waals surface area contributed by atoms with Crippen LogP contribution in [0.4, 0.5) is 0 Å². The molecular formula is C14H10Cl2N4S2. The van der Waals surface area contributed by atoms with E-state index in [0.717, 1.165) is 10.4 Å². The smallest absolute Gasteiger partial charge is 0.216 e. The highest BCUT2D eigenvalue weighted by Gasteiger charge is 2.12. The molecule has 0 saturated heterocycles. The number of thiophene rings is 1. The summed E-state index contributed by atoms with van der Waals surface area (Å²) in [5, 5.41) is 14.4. The van der Waals surface area contributed by atoms with Crippen LogP contribution in [-0.2, 0) is 0 Å². The SMILES string of the molecule is Cc1ccsc1/C=N/n1c(-c2ccc(Cl)cc2Cl)n[nH]c1=S. The second-order valence-corrected chi connectivity index (χ2v) is 6.68. The monoisotopic (exact) mass is 368 g/mol. The Morgan fingerprint density at radius 1 is 1.36 bits per heavy atom. The van der Waals surface area contributed by atoms with Crippen molar-refractivity contribution in [3.8, 4) is 11.4 Å². The predicted molar refractivity (Wildman–Crippen MR) is 94.9 cm³/mol. The molecule has 3 aromatic rings. The first-order valence-corrected chi connectivity index (χ1v) is 8.32. The lowest BCUT2D eigenvalue weighted by Gasteiger charge is -2.03. The number of hydrogen-bond acceptors (Lipinski definition) is 4. The van der Waals surface area contributed by atoms with Crippen LogP contribution >= 0.6 is 46.8 Å². The molecule has 1 aromatic carbocycles. The summed E-state index contributed by atoms with van der Waals surface area (Å²) in [6, 6.07) is 7.24. The zero-order valence-corrected chi connectivity index (χ0v) is 14.5. The molecule has 0 aliphatic carbocycles. The Balaban J connectivity index is 2.06. The Morgan fingerprint density at radius 3 is 2.86 bits per heavy atom. The Kier molecular flexibility index (Phi) is 4.44. The van der Waals surface area contributed by atoms with Gasteiger partial charge >= 0.3 is 0 Å². The maximum Gasteiger partial charge on any atom is 0.216 e. The summed E-state index contributed by atoms with van der Waals surface area (Å²) in [6.45, 7) is 2.03. The van der Waals surface area contributed by atoms with Crippen molar-refractivity contribution in [3.05, 3.63) is 54.9 Å². The van der Waals surface area contributed by atoms with Gasteiger partial charge in [-0.2, -0.15) is 14.9 Å². The zero-order chi connectivity index (χ0) is 15.7. The molecule has 2 heterocycles.